The van der Waals surface area contributed by atoms with Crippen LogP contribution in [0.5, 0.6) is 0 Å². The van der Waals surface area contributed by atoms with Gasteiger partial charge < -0.3 is 0 Å². The smallest absolute Gasteiger partial charge is 0 e. The first-order chi connectivity index (χ1) is 11.6. The van der Waals surface area contributed by atoms with E-state index in [0.29, 0.717) is 0 Å². The Balaban J connectivity index is 0.000000443. The van der Waals surface area contributed by atoms with Crippen molar-refractivity contribution in [2.24, 2.45) is 0 Å². The van der Waals surface area contributed by atoms with Crippen LogP contribution in [0.15, 0.2) is 36.4 Å². The molecule has 2 rings (SSSR count). The van der Waals surface area contributed by atoms with E-state index in [-0.39, 0.29) is 17.4 Å². The van der Waals surface area contributed by atoms with Crippen molar-refractivity contribution in [3.63, 3.8) is 0 Å². The predicted molar refractivity (Wildman–Crippen MR) is 109 cm³/mol. The fraction of sp³-hybridized carbons (Fsp3) is 0.500. The summed E-state index contributed by atoms with van der Waals surface area (Å²) in [5.41, 5.74) is 8.87. The van der Waals surface area contributed by atoms with E-state index in [2.05, 4.69) is 77.9 Å². The fourth-order valence-corrected chi connectivity index (χ4v) is 2.90. The van der Waals surface area contributed by atoms with Crippen molar-refractivity contribution in [3.8, 4) is 0 Å². The van der Waals surface area contributed by atoms with E-state index in [9.17, 15) is 0 Å². The maximum atomic E-state index is 2.32. The molecule has 0 aliphatic rings. The molecule has 0 aliphatic carbocycles. The van der Waals surface area contributed by atoms with Gasteiger partial charge in [-0.2, -0.15) is 0 Å². The van der Waals surface area contributed by atoms with Gasteiger partial charge in [-0.05, 0) is 71.9 Å². The molecule has 0 heterocycles. The summed E-state index contributed by atoms with van der Waals surface area (Å²) in [6.45, 7) is 13.3. The molecule has 0 fully saturated rings. The van der Waals surface area contributed by atoms with Crippen LogP contribution in [0, 0.1) is 0 Å². The quantitative estimate of drug-likeness (QED) is 0.523. The van der Waals surface area contributed by atoms with Gasteiger partial charge in [0.2, 0.25) is 0 Å². The Labute approximate surface area is 167 Å². The third kappa shape index (κ3) is 8.26. The second-order valence-corrected chi connectivity index (χ2v) is 6.44. The zero-order valence-electron chi connectivity index (χ0n) is 17.1. The Hall–Kier alpha value is -1.03. The summed E-state index contributed by atoms with van der Waals surface area (Å²) >= 11 is 0. The van der Waals surface area contributed by atoms with E-state index < -0.39 is 0 Å². The molecule has 1 heteroatoms. The minimum absolute atomic E-state index is 0. The largest absolute Gasteiger partial charge is 0.0613 e. The Morgan fingerprint density at radius 2 is 0.480 bits per heavy atom. The van der Waals surface area contributed by atoms with Gasteiger partial charge >= 0.3 is 0 Å². The molecular weight excluding hydrogens is 340 g/mol. The topological polar surface area (TPSA) is 0 Å². The summed E-state index contributed by atoms with van der Waals surface area (Å²) < 4.78 is 0. The molecule has 0 unspecified atom stereocenters. The molecule has 0 saturated carbocycles. The third-order valence-corrected chi connectivity index (χ3v) is 4.67. The summed E-state index contributed by atoms with van der Waals surface area (Å²) in [6.07, 6.45) is 6.92. The summed E-state index contributed by atoms with van der Waals surface area (Å²) in [5.74, 6) is 0. The van der Waals surface area contributed by atoms with E-state index >= 15 is 0 Å². The molecule has 0 aliphatic heterocycles. The molecule has 0 amide bonds. The van der Waals surface area contributed by atoms with Crippen molar-refractivity contribution in [1.29, 1.82) is 0 Å². The normalized spacial score (nSPS) is 9.84. The zero-order chi connectivity index (χ0) is 17.9. The van der Waals surface area contributed by atoms with Gasteiger partial charge in [-0.25, -0.2) is 0 Å². The monoisotopic (exact) mass is 376 g/mol. The molecule has 138 valence electrons. The van der Waals surface area contributed by atoms with Gasteiger partial charge in [-0.1, -0.05) is 77.9 Å². The minimum Gasteiger partial charge on any atom is -0.0613 e. The second-order valence-electron chi connectivity index (χ2n) is 6.44. The van der Waals surface area contributed by atoms with Gasteiger partial charge in [-0.3, -0.25) is 0 Å². The summed E-state index contributed by atoms with van der Waals surface area (Å²) in [4.78, 5) is 0. The van der Waals surface area contributed by atoms with E-state index in [1.807, 2.05) is 0 Å². The van der Waals surface area contributed by atoms with Crippen LogP contribution < -0.4 is 0 Å². The molecule has 0 N–H and O–H groups in total. The van der Waals surface area contributed by atoms with Crippen molar-refractivity contribution >= 4 is 0 Å². The number of benzene rings is 2. The molecule has 2 aromatic carbocycles. The molecule has 25 heavy (non-hydrogen) atoms. The first kappa shape index (κ1) is 24.0. The van der Waals surface area contributed by atoms with Gasteiger partial charge in [0.25, 0.3) is 0 Å². The zero-order valence-corrected chi connectivity index (χ0v) is 18.4. The van der Waals surface area contributed by atoms with Crippen LogP contribution in [0.3, 0.4) is 0 Å². The van der Waals surface area contributed by atoms with Crippen molar-refractivity contribution in [2.75, 3.05) is 0 Å². The maximum absolute atomic E-state index is 2.32. The van der Waals surface area contributed by atoms with Crippen LogP contribution in [0.1, 0.15) is 74.9 Å². The summed E-state index contributed by atoms with van der Waals surface area (Å²) in [7, 11) is 0. The minimum atomic E-state index is 0. The number of rotatable bonds is 6. The van der Waals surface area contributed by atoms with Gasteiger partial charge in [-0.15, -0.1) is 0 Å². The Morgan fingerprint density at radius 3 is 0.560 bits per heavy atom. The second kappa shape index (κ2) is 13.2. The van der Waals surface area contributed by atoms with Crippen LogP contribution in [0.2, 0.25) is 0 Å². The van der Waals surface area contributed by atoms with E-state index in [1.165, 1.54) is 33.4 Å². The number of hydrogen-bond acceptors (Lipinski definition) is 0. The molecule has 0 atom stereocenters. The average Bonchev–Trinajstić information content (AvgIpc) is 2.67. The van der Waals surface area contributed by atoms with Crippen LogP contribution in [-0.4, -0.2) is 0 Å². The number of aryl methyl sites for hydroxylation is 6. The van der Waals surface area contributed by atoms with Gasteiger partial charge in [0.15, 0.2) is 0 Å². The fourth-order valence-electron chi connectivity index (χ4n) is 2.90. The van der Waals surface area contributed by atoms with E-state index in [4.69, 9.17) is 0 Å². The SMILES string of the molecule is CCc1cc(CC)cc(CC)c1.CCc1cc(CC)cc(CC)c1.[Cr]. The Kier molecular flexibility index (Phi) is 12.7. The molecule has 0 aromatic heterocycles. The Morgan fingerprint density at radius 1 is 0.360 bits per heavy atom. The first-order valence-corrected chi connectivity index (χ1v) is 9.83. The van der Waals surface area contributed by atoms with Crippen molar-refractivity contribution in [3.05, 3.63) is 69.8 Å². The van der Waals surface area contributed by atoms with Crippen LogP contribution in [0.25, 0.3) is 0 Å². The molecule has 0 nitrogen and oxygen atoms in total. The van der Waals surface area contributed by atoms with Crippen LogP contribution >= 0.6 is 0 Å². The predicted octanol–water partition coefficient (Wildman–Crippen LogP) is 6.75. The van der Waals surface area contributed by atoms with Gasteiger partial charge in [0.05, 0.1) is 0 Å². The Bertz CT molecular complexity index is 448. The molecule has 0 spiro atoms. The standard InChI is InChI=1S/2C12H18.Cr/c2*1-4-10-7-11(5-2)9-12(6-3)8-10;/h2*7-9H,4-6H2,1-3H3;. The van der Waals surface area contributed by atoms with Crippen molar-refractivity contribution in [1.82, 2.24) is 0 Å². The molecule has 2 aromatic rings. The molecule has 0 radical (unpaired) electrons. The van der Waals surface area contributed by atoms with Crippen LogP contribution in [0.4, 0.5) is 0 Å². The maximum Gasteiger partial charge on any atom is 0 e. The van der Waals surface area contributed by atoms with E-state index in [1.54, 1.807) is 0 Å². The van der Waals surface area contributed by atoms with Crippen molar-refractivity contribution in [2.45, 2.75) is 80.1 Å². The third-order valence-electron chi connectivity index (χ3n) is 4.67. The molecule has 0 saturated heterocycles. The van der Waals surface area contributed by atoms with Gasteiger partial charge in [0.1, 0.15) is 0 Å². The molecular formula is C24H36Cr. The first-order valence-electron chi connectivity index (χ1n) is 9.83. The average molecular weight is 377 g/mol. The summed E-state index contributed by atoms with van der Waals surface area (Å²) in [5, 5.41) is 0. The number of hydrogen-bond donors (Lipinski definition) is 0. The van der Waals surface area contributed by atoms with Crippen LogP contribution in [-0.2, 0) is 55.9 Å². The van der Waals surface area contributed by atoms with E-state index in [0.717, 1.165) is 38.5 Å². The summed E-state index contributed by atoms with van der Waals surface area (Å²) in [6, 6.07) is 13.9. The van der Waals surface area contributed by atoms with Gasteiger partial charge in [0, 0.05) is 17.4 Å². The molecule has 0 bridgehead atoms. The van der Waals surface area contributed by atoms with Crippen molar-refractivity contribution < 1.29 is 17.4 Å².